The molecule has 3 heterocycles. The van der Waals surface area contributed by atoms with Crippen LogP contribution in [0.4, 0.5) is 18.9 Å². The maximum Gasteiger partial charge on any atom is 0.416 e. The summed E-state index contributed by atoms with van der Waals surface area (Å²) in [4.78, 5) is 43.7. The predicted octanol–water partition coefficient (Wildman–Crippen LogP) is 6.15. The minimum atomic E-state index is -4.64. The van der Waals surface area contributed by atoms with Crippen molar-refractivity contribution in [2.24, 2.45) is 5.92 Å². The Labute approximate surface area is 246 Å². The topological polar surface area (TPSA) is 88.7 Å². The number of amides is 2. The zero-order valence-electron chi connectivity index (χ0n) is 22.2. The lowest BCUT2D eigenvalue weighted by Gasteiger charge is -2.30. The van der Waals surface area contributed by atoms with Gasteiger partial charge < -0.3 is 14.5 Å². The van der Waals surface area contributed by atoms with Crippen LogP contribution < -0.4 is 19.2 Å². The fourth-order valence-electron chi connectivity index (χ4n) is 5.38. The van der Waals surface area contributed by atoms with E-state index >= 15 is 0 Å². The molecule has 0 radical (unpaired) electrons. The average Bonchev–Trinajstić information content (AvgIpc) is 3.46. The summed E-state index contributed by atoms with van der Waals surface area (Å²) < 4.78 is 52.0. The van der Waals surface area contributed by atoms with Crippen molar-refractivity contribution in [1.29, 1.82) is 0 Å². The number of carbonyl (C=O) groups is 2. The number of imide groups is 1. The Morgan fingerprint density at radius 2 is 1.74 bits per heavy atom. The van der Waals surface area contributed by atoms with Crippen LogP contribution in [0.1, 0.15) is 33.0 Å². The highest BCUT2D eigenvalue weighted by Crippen LogP contribution is 2.54. The molecular weight excluding hydrogens is 589 g/mol. The van der Waals surface area contributed by atoms with E-state index in [1.165, 1.54) is 19.2 Å². The molecule has 12 heteroatoms. The van der Waals surface area contributed by atoms with E-state index in [0.29, 0.717) is 33.6 Å². The number of hydrogen-bond acceptors (Lipinski definition) is 7. The minimum Gasteiger partial charge on any atom is -0.493 e. The number of nitrogens with one attached hydrogen (secondary N) is 1. The van der Waals surface area contributed by atoms with Gasteiger partial charge >= 0.3 is 11.0 Å². The van der Waals surface area contributed by atoms with Crippen LogP contribution in [0.3, 0.4) is 0 Å². The number of H-pyrrole nitrogens is 1. The van der Waals surface area contributed by atoms with Gasteiger partial charge in [-0.2, -0.15) is 13.2 Å². The van der Waals surface area contributed by atoms with Gasteiger partial charge in [-0.3, -0.25) is 14.4 Å². The first-order chi connectivity index (χ1) is 20.1. The third-order valence-electron chi connectivity index (χ3n) is 7.45. The molecule has 1 aromatic heterocycles. The van der Waals surface area contributed by atoms with Gasteiger partial charge in [-0.05, 0) is 53.9 Å². The van der Waals surface area contributed by atoms with Crippen molar-refractivity contribution in [3.8, 4) is 11.5 Å². The van der Waals surface area contributed by atoms with E-state index < -0.39 is 40.6 Å². The second-order valence-corrected chi connectivity index (χ2v) is 12.1. The van der Waals surface area contributed by atoms with Gasteiger partial charge in [0.1, 0.15) is 11.9 Å². The van der Waals surface area contributed by atoms with Gasteiger partial charge in [-0.15, -0.1) is 0 Å². The number of carbonyl (C=O) groups excluding carboxylic acids is 2. The summed E-state index contributed by atoms with van der Waals surface area (Å²) in [6.07, 6.45) is -4.64. The summed E-state index contributed by atoms with van der Waals surface area (Å²) in [6.45, 7) is 2.29. The minimum absolute atomic E-state index is 0.150. The smallest absolute Gasteiger partial charge is 0.416 e. The molecule has 42 heavy (non-hydrogen) atoms. The SMILES string of the molecule is COc1cc([C@@H]2c3sc(=O)[nH]c3S[C@H]3C(=O)N(c4cccc(C(F)(F)F)c4)C(=O)[C@@H]23)ccc1OCc1ccccc1C. The Balaban J connectivity index is 1.38. The lowest BCUT2D eigenvalue weighted by molar-refractivity contribution is -0.137. The fourth-order valence-corrected chi connectivity index (χ4v) is 7.89. The molecule has 0 unspecified atom stereocenters. The van der Waals surface area contributed by atoms with Gasteiger partial charge in [0.2, 0.25) is 11.8 Å². The average molecular weight is 613 g/mol. The number of aromatic nitrogens is 1. The number of hydrogen-bond donors (Lipinski definition) is 1. The van der Waals surface area contributed by atoms with Crippen LogP contribution in [0.2, 0.25) is 0 Å². The van der Waals surface area contributed by atoms with Crippen molar-refractivity contribution in [2.45, 2.75) is 35.9 Å². The maximum atomic E-state index is 13.9. The number of halogens is 3. The second-order valence-electron chi connectivity index (χ2n) is 9.94. The van der Waals surface area contributed by atoms with Crippen LogP contribution in [-0.4, -0.2) is 29.2 Å². The molecule has 7 nitrogen and oxygen atoms in total. The van der Waals surface area contributed by atoms with E-state index in [1.807, 2.05) is 31.2 Å². The van der Waals surface area contributed by atoms with Crippen molar-refractivity contribution in [2.75, 3.05) is 12.0 Å². The number of benzene rings is 3. The van der Waals surface area contributed by atoms with Crippen LogP contribution in [0.5, 0.6) is 11.5 Å². The van der Waals surface area contributed by atoms with E-state index in [9.17, 15) is 27.6 Å². The summed E-state index contributed by atoms with van der Waals surface area (Å²) in [5, 5.41) is -0.486. The van der Waals surface area contributed by atoms with E-state index in [4.69, 9.17) is 9.47 Å². The summed E-state index contributed by atoms with van der Waals surface area (Å²) in [5.41, 5.74) is 1.57. The zero-order valence-corrected chi connectivity index (χ0v) is 23.9. The van der Waals surface area contributed by atoms with E-state index in [1.54, 1.807) is 18.2 Å². The number of anilines is 1. The van der Waals surface area contributed by atoms with Crippen molar-refractivity contribution in [1.82, 2.24) is 4.98 Å². The molecule has 1 N–H and O–H groups in total. The standard InChI is InChI=1S/C30H23F3N2O5S2/c1-15-6-3-4-7-17(15)14-40-20-11-10-16(12-21(20)39-2)22-23-25(41-26-24(22)42-29(38)34-26)28(37)35(27(23)36)19-9-5-8-18(13-19)30(31,32)33/h3-13,22-23,25H,14H2,1-2H3,(H,34,38)/t22-,23-,25+/m0/s1. The van der Waals surface area contributed by atoms with Crippen LogP contribution in [-0.2, 0) is 22.4 Å². The molecule has 2 amide bonds. The van der Waals surface area contributed by atoms with Crippen molar-refractivity contribution >= 4 is 40.6 Å². The van der Waals surface area contributed by atoms with Gasteiger partial charge in [0.15, 0.2) is 11.5 Å². The lowest BCUT2D eigenvalue weighted by Crippen LogP contribution is -2.32. The van der Waals surface area contributed by atoms with Crippen molar-refractivity contribution < 1.29 is 32.2 Å². The highest BCUT2D eigenvalue weighted by molar-refractivity contribution is 8.00. The van der Waals surface area contributed by atoms with Crippen LogP contribution in [0.25, 0.3) is 0 Å². The molecule has 3 aromatic carbocycles. The van der Waals surface area contributed by atoms with Gasteiger partial charge in [-0.1, -0.05) is 59.5 Å². The summed E-state index contributed by atoms with van der Waals surface area (Å²) in [5.74, 6) is -2.09. The molecule has 1 fully saturated rings. The third-order valence-corrected chi connectivity index (χ3v) is 9.85. The number of methoxy groups -OCH3 is 1. The summed E-state index contributed by atoms with van der Waals surface area (Å²) in [6, 6.07) is 17.2. The molecule has 4 aromatic rings. The van der Waals surface area contributed by atoms with E-state index in [2.05, 4.69) is 4.98 Å². The largest absolute Gasteiger partial charge is 0.493 e. The molecule has 1 saturated heterocycles. The highest BCUT2D eigenvalue weighted by atomic mass is 32.2. The van der Waals surface area contributed by atoms with Crippen LogP contribution in [0, 0.1) is 12.8 Å². The second kappa shape index (κ2) is 10.7. The Kier molecular flexibility index (Phi) is 7.14. The molecule has 0 bridgehead atoms. The van der Waals surface area contributed by atoms with E-state index in [0.717, 1.165) is 51.3 Å². The molecule has 3 atom stereocenters. The van der Waals surface area contributed by atoms with Gasteiger partial charge in [0.05, 0.1) is 29.3 Å². The van der Waals surface area contributed by atoms with E-state index in [-0.39, 0.29) is 10.6 Å². The number of thiazole rings is 1. The molecule has 2 aliphatic heterocycles. The molecule has 2 aliphatic rings. The van der Waals surface area contributed by atoms with Gasteiger partial charge in [-0.25, -0.2) is 4.90 Å². The number of thioether (sulfide) groups is 1. The molecule has 6 rings (SSSR count). The maximum absolute atomic E-state index is 13.9. The number of alkyl halides is 3. The first-order valence-corrected chi connectivity index (χ1v) is 14.6. The van der Waals surface area contributed by atoms with Crippen molar-refractivity contribution in [3.63, 3.8) is 0 Å². The Bertz CT molecular complexity index is 1770. The molecule has 0 saturated carbocycles. The number of aromatic amines is 1. The Morgan fingerprint density at radius 1 is 0.952 bits per heavy atom. The Morgan fingerprint density at radius 3 is 2.48 bits per heavy atom. The third kappa shape index (κ3) is 4.88. The molecular formula is C30H23F3N2O5S2. The first kappa shape index (κ1) is 28.1. The summed E-state index contributed by atoms with van der Waals surface area (Å²) in [7, 11) is 1.49. The number of aryl methyl sites for hydroxylation is 1. The van der Waals surface area contributed by atoms with Crippen molar-refractivity contribution in [3.05, 3.63) is 104 Å². The predicted molar refractivity (Wildman–Crippen MR) is 152 cm³/mol. The van der Waals surface area contributed by atoms with Gasteiger partial charge in [0, 0.05) is 10.8 Å². The normalized spacial score (nSPS) is 19.9. The van der Waals surface area contributed by atoms with Crippen LogP contribution in [0.15, 0.2) is 76.6 Å². The van der Waals surface area contributed by atoms with Crippen LogP contribution >= 0.6 is 23.1 Å². The first-order valence-electron chi connectivity index (χ1n) is 12.9. The van der Waals surface area contributed by atoms with Gasteiger partial charge in [0.25, 0.3) is 0 Å². The lowest BCUT2D eigenvalue weighted by atomic mass is 9.83. The zero-order chi connectivity index (χ0) is 29.8. The summed E-state index contributed by atoms with van der Waals surface area (Å²) >= 11 is 1.99. The molecule has 0 aliphatic carbocycles. The Hall–Kier alpha value is -4.03. The highest BCUT2D eigenvalue weighted by Gasteiger charge is 2.56. The number of rotatable bonds is 6. The monoisotopic (exact) mass is 612 g/mol. The number of nitrogens with zero attached hydrogens (tertiary/aromatic N) is 1. The molecule has 216 valence electrons. The fraction of sp³-hybridized carbons (Fsp3) is 0.233. The quantitative estimate of drug-likeness (QED) is 0.263. The number of fused-ring (bicyclic) bond motifs is 2. The molecule has 0 spiro atoms. The number of ether oxygens (including phenoxy) is 2.